The highest BCUT2D eigenvalue weighted by atomic mass is 127. The highest BCUT2D eigenvalue weighted by molar-refractivity contribution is 14.0. The number of aromatic nitrogens is 2. The molecule has 138 valence electrons. The van der Waals surface area contributed by atoms with E-state index in [-0.39, 0.29) is 24.0 Å². The van der Waals surface area contributed by atoms with E-state index in [1.54, 1.807) is 13.2 Å². The van der Waals surface area contributed by atoms with E-state index in [2.05, 4.69) is 75.0 Å². The van der Waals surface area contributed by atoms with Crippen molar-refractivity contribution in [2.75, 3.05) is 20.6 Å². The Bertz CT molecular complexity index is 599. The van der Waals surface area contributed by atoms with E-state index in [1.165, 1.54) is 5.56 Å². The zero-order valence-electron chi connectivity index (χ0n) is 15.2. The molecule has 1 aromatic carbocycles. The van der Waals surface area contributed by atoms with Crippen LogP contribution in [-0.4, -0.2) is 47.7 Å². The monoisotopic (exact) mass is 456 g/mol. The number of hydrogen-bond donors (Lipinski definition) is 3. The van der Waals surface area contributed by atoms with Crippen molar-refractivity contribution >= 4 is 29.9 Å². The fraction of sp³-hybridized carbons (Fsp3) is 0.444. The number of rotatable bonds is 8. The molecule has 0 fully saturated rings. The molecule has 3 N–H and O–H groups in total. The molecule has 1 atom stereocenters. The summed E-state index contributed by atoms with van der Waals surface area (Å²) in [6.45, 7) is 4.78. The second-order valence-electron chi connectivity index (χ2n) is 5.97. The summed E-state index contributed by atoms with van der Waals surface area (Å²) >= 11 is 0. The average Bonchev–Trinajstić information content (AvgIpc) is 3.12. The molecule has 0 saturated heterocycles. The topological polar surface area (TPSA) is 68.3 Å². The first kappa shape index (κ1) is 21.4. The zero-order valence-corrected chi connectivity index (χ0v) is 17.5. The standard InChI is InChI=1S/C18H28N6.HI/c1-15(24(3)14-16-7-5-4-6-8-16)9-11-20-18(19-2)21-13-17-10-12-22-23-17;/h4-8,10,12,15H,9,11,13-14H2,1-3H3,(H,22,23)(H2,19,20,21);1H. The van der Waals surface area contributed by atoms with Gasteiger partial charge < -0.3 is 10.6 Å². The molecule has 0 aliphatic carbocycles. The largest absolute Gasteiger partial charge is 0.356 e. The Kier molecular flexibility index (Phi) is 10.2. The highest BCUT2D eigenvalue weighted by Gasteiger charge is 2.09. The lowest BCUT2D eigenvalue weighted by Crippen LogP contribution is -2.39. The molecule has 0 saturated carbocycles. The first-order valence-corrected chi connectivity index (χ1v) is 8.36. The van der Waals surface area contributed by atoms with Gasteiger partial charge in [0.05, 0.1) is 12.2 Å². The Morgan fingerprint density at radius 2 is 2.00 bits per heavy atom. The van der Waals surface area contributed by atoms with E-state index in [9.17, 15) is 0 Å². The Labute approximate surface area is 167 Å². The molecular formula is C18H29IN6. The minimum absolute atomic E-state index is 0. The first-order valence-electron chi connectivity index (χ1n) is 8.36. The molecule has 25 heavy (non-hydrogen) atoms. The van der Waals surface area contributed by atoms with Gasteiger partial charge in [-0.15, -0.1) is 24.0 Å². The van der Waals surface area contributed by atoms with Gasteiger partial charge in [0.15, 0.2) is 5.96 Å². The van der Waals surface area contributed by atoms with Crippen LogP contribution in [0.25, 0.3) is 0 Å². The number of hydrogen-bond acceptors (Lipinski definition) is 3. The normalized spacial score (nSPS) is 12.6. The lowest BCUT2D eigenvalue weighted by atomic mass is 10.1. The van der Waals surface area contributed by atoms with Crippen molar-refractivity contribution in [2.24, 2.45) is 4.99 Å². The van der Waals surface area contributed by atoms with Crippen molar-refractivity contribution in [1.29, 1.82) is 0 Å². The van der Waals surface area contributed by atoms with Gasteiger partial charge in [0.2, 0.25) is 0 Å². The second-order valence-corrected chi connectivity index (χ2v) is 5.97. The summed E-state index contributed by atoms with van der Waals surface area (Å²) in [5, 5.41) is 13.5. The van der Waals surface area contributed by atoms with Crippen LogP contribution in [-0.2, 0) is 13.1 Å². The van der Waals surface area contributed by atoms with Gasteiger partial charge in [-0.2, -0.15) is 5.10 Å². The number of guanidine groups is 1. The lowest BCUT2D eigenvalue weighted by Gasteiger charge is -2.25. The van der Waals surface area contributed by atoms with Crippen LogP contribution in [0, 0.1) is 0 Å². The van der Waals surface area contributed by atoms with Crippen LogP contribution in [0.3, 0.4) is 0 Å². The minimum Gasteiger partial charge on any atom is -0.356 e. The molecule has 0 aliphatic rings. The number of nitrogens with one attached hydrogen (secondary N) is 3. The maximum absolute atomic E-state index is 4.24. The van der Waals surface area contributed by atoms with Crippen molar-refractivity contribution in [3.8, 4) is 0 Å². The Hall–Kier alpha value is -1.61. The molecule has 2 aromatic rings. The number of benzene rings is 1. The number of aliphatic imine (C=N–C) groups is 1. The van der Waals surface area contributed by atoms with Gasteiger partial charge in [0, 0.05) is 32.4 Å². The summed E-state index contributed by atoms with van der Waals surface area (Å²) < 4.78 is 0. The Balaban J connectivity index is 0.00000312. The smallest absolute Gasteiger partial charge is 0.191 e. The minimum atomic E-state index is 0. The van der Waals surface area contributed by atoms with Gasteiger partial charge in [-0.1, -0.05) is 30.3 Å². The second kappa shape index (κ2) is 11.9. The fourth-order valence-corrected chi connectivity index (χ4v) is 2.43. The van der Waals surface area contributed by atoms with Gasteiger partial charge in [0.25, 0.3) is 0 Å². The molecule has 0 radical (unpaired) electrons. The maximum Gasteiger partial charge on any atom is 0.191 e. The predicted molar refractivity (Wildman–Crippen MR) is 114 cm³/mol. The van der Waals surface area contributed by atoms with Crippen LogP contribution < -0.4 is 10.6 Å². The third-order valence-corrected chi connectivity index (χ3v) is 4.11. The predicted octanol–water partition coefficient (Wildman–Crippen LogP) is 2.60. The van der Waals surface area contributed by atoms with Crippen molar-refractivity contribution in [1.82, 2.24) is 25.7 Å². The highest BCUT2D eigenvalue weighted by Crippen LogP contribution is 2.07. The van der Waals surface area contributed by atoms with Crippen LogP contribution in [0.15, 0.2) is 47.6 Å². The molecule has 1 aromatic heterocycles. The van der Waals surface area contributed by atoms with Crippen molar-refractivity contribution in [2.45, 2.75) is 32.5 Å². The quantitative estimate of drug-likeness (QED) is 0.325. The van der Waals surface area contributed by atoms with Gasteiger partial charge in [-0.3, -0.25) is 15.0 Å². The number of halogens is 1. The molecule has 1 unspecified atom stereocenters. The molecule has 6 nitrogen and oxygen atoms in total. The van der Waals surface area contributed by atoms with Gasteiger partial charge in [0.1, 0.15) is 0 Å². The van der Waals surface area contributed by atoms with E-state index >= 15 is 0 Å². The molecule has 0 spiro atoms. The van der Waals surface area contributed by atoms with Crippen molar-refractivity contribution < 1.29 is 0 Å². The third-order valence-electron chi connectivity index (χ3n) is 4.11. The number of H-pyrrole nitrogens is 1. The van der Waals surface area contributed by atoms with Crippen molar-refractivity contribution in [3.05, 3.63) is 53.9 Å². The van der Waals surface area contributed by atoms with Crippen molar-refractivity contribution in [3.63, 3.8) is 0 Å². The first-order chi connectivity index (χ1) is 11.7. The fourth-order valence-electron chi connectivity index (χ4n) is 2.43. The summed E-state index contributed by atoms with van der Waals surface area (Å²) in [4.78, 5) is 6.62. The molecule has 7 heteroatoms. The van der Waals surface area contributed by atoms with Crippen LogP contribution >= 0.6 is 24.0 Å². The zero-order chi connectivity index (χ0) is 17.2. The van der Waals surface area contributed by atoms with E-state index in [4.69, 9.17) is 0 Å². The van der Waals surface area contributed by atoms with E-state index in [0.717, 1.165) is 31.2 Å². The van der Waals surface area contributed by atoms with E-state index in [1.807, 2.05) is 6.07 Å². The summed E-state index contributed by atoms with van der Waals surface area (Å²) in [7, 11) is 3.95. The Morgan fingerprint density at radius 1 is 1.24 bits per heavy atom. The van der Waals surface area contributed by atoms with Crippen LogP contribution in [0.1, 0.15) is 24.6 Å². The van der Waals surface area contributed by atoms with Gasteiger partial charge in [-0.25, -0.2) is 0 Å². The van der Waals surface area contributed by atoms with Gasteiger partial charge >= 0.3 is 0 Å². The van der Waals surface area contributed by atoms with Crippen LogP contribution in [0.4, 0.5) is 0 Å². The molecule has 2 rings (SSSR count). The number of aromatic amines is 1. The average molecular weight is 456 g/mol. The van der Waals surface area contributed by atoms with E-state index in [0.29, 0.717) is 12.6 Å². The lowest BCUT2D eigenvalue weighted by molar-refractivity contribution is 0.238. The maximum atomic E-state index is 4.24. The molecule has 0 bridgehead atoms. The van der Waals surface area contributed by atoms with E-state index < -0.39 is 0 Å². The molecule has 0 aliphatic heterocycles. The summed E-state index contributed by atoms with van der Waals surface area (Å²) in [6.07, 6.45) is 2.80. The molecular weight excluding hydrogens is 427 g/mol. The summed E-state index contributed by atoms with van der Waals surface area (Å²) in [5.41, 5.74) is 2.38. The summed E-state index contributed by atoms with van der Waals surface area (Å²) in [5.74, 6) is 0.808. The summed E-state index contributed by atoms with van der Waals surface area (Å²) in [6, 6.07) is 13.0. The third kappa shape index (κ3) is 7.87. The van der Waals surface area contributed by atoms with Crippen LogP contribution in [0.2, 0.25) is 0 Å². The molecule has 1 heterocycles. The Morgan fingerprint density at radius 3 is 2.64 bits per heavy atom. The van der Waals surface area contributed by atoms with Gasteiger partial charge in [-0.05, 0) is 32.0 Å². The van der Waals surface area contributed by atoms with Crippen LogP contribution in [0.5, 0.6) is 0 Å². The number of nitrogens with zero attached hydrogens (tertiary/aromatic N) is 3. The molecule has 0 amide bonds. The SMILES string of the molecule is CN=C(NCCC(C)N(C)Cc1ccccc1)NCc1ccn[nH]1.I.